The molecule has 144 valence electrons. The first kappa shape index (κ1) is 20.1. The molecule has 13 heteroatoms. The molecular weight excluding hydrogens is 346 g/mol. The molecule has 2 heterocycles. The lowest BCUT2D eigenvalue weighted by Crippen LogP contribution is -2.61. The molecule has 2 fully saturated rings. The van der Waals surface area contributed by atoms with E-state index in [0.29, 0.717) is 0 Å². The SMILES string of the molecule is [N-]=[N+]=NO[C@@H]1OC(CO)[C@@H](O[C@@H]2OC(CO)[C@H](O)C(O)[C@H]2O)CC1O. The number of azide groups is 1. The van der Waals surface area contributed by atoms with Crippen LogP contribution in [0.5, 0.6) is 0 Å². The molecule has 0 saturated carbocycles. The predicted octanol–water partition coefficient (Wildman–Crippen LogP) is -3.12. The van der Waals surface area contributed by atoms with E-state index >= 15 is 0 Å². The number of ether oxygens (including phenoxy) is 3. The highest BCUT2D eigenvalue weighted by molar-refractivity contribution is 4.90. The smallest absolute Gasteiger partial charge is 0.235 e. The molecule has 2 aliphatic rings. The van der Waals surface area contributed by atoms with Crippen LogP contribution in [-0.4, -0.2) is 99.2 Å². The fourth-order valence-corrected chi connectivity index (χ4v) is 2.67. The number of aliphatic hydroxyl groups is 6. The molecule has 0 aromatic carbocycles. The van der Waals surface area contributed by atoms with E-state index in [2.05, 4.69) is 15.0 Å². The molecule has 4 unspecified atom stereocenters. The van der Waals surface area contributed by atoms with Gasteiger partial charge in [0.05, 0.1) is 19.3 Å². The summed E-state index contributed by atoms with van der Waals surface area (Å²) in [5.41, 5.74) is 8.21. The van der Waals surface area contributed by atoms with Gasteiger partial charge in [0.25, 0.3) is 0 Å². The standard InChI is InChI=1S/C12H21N3O10/c13-14-15-25-11-4(18)1-5(6(2-16)23-11)22-12-10(21)9(20)8(19)7(3-17)24-12/h4-12,16-21H,1-3H2/t4?,5-,6?,7?,8-,9?,10+,11-,12+/m0/s1. The summed E-state index contributed by atoms with van der Waals surface area (Å²) < 4.78 is 15.9. The zero-order valence-corrected chi connectivity index (χ0v) is 13.0. The van der Waals surface area contributed by atoms with Crippen LogP contribution in [0.1, 0.15) is 6.42 Å². The normalized spacial score (nSPS) is 44.8. The Hall–Kier alpha value is -1.25. The highest BCUT2D eigenvalue weighted by Gasteiger charge is 2.47. The van der Waals surface area contributed by atoms with Crippen molar-refractivity contribution < 1.29 is 49.7 Å². The van der Waals surface area contributed by atoms with Gasteiger partial charge in [0, 0.05) is 11.3 Å². The van der Waals surface area contributed by atoms with Gasteiger partial charge >= 0.3 is 0 Å². The van der Waals surface area contributed by atoms with Gasteiger partial charge in [-0.25, -0.2) is 0 Å². The van der Waals surface area contributed by atoms with Gasteiger partial charge in [-0.15, -0.1) is 0 Å². The topological polar surface area (TPSA) is 207 Å². The molecule has 0 aromatic heterocycles. The Labute approximate surface area is 141 Å². The summed E-state index contributed by atoms with van der Waals surface area (Å²) in [5, 5.41) is 60.7. The Bertz CT molecular complexity index is 476. The van der Waals surface area contributed by atoms with Crippen LogP contribution in [0.15, 0.2) is 5.28 Å². The predicted molar refractivity (Wildman–Crippen MR) is 75.2 cm³/mol. The van der Waals surface area contributed by atoms with Crippen molar-refractivity contribution in [3.8, 4) is 0 Å². The van der Waals surface area contributed by atoms with Crippen LogP contribution in [0.25, 0.3) is 10.4 Å². The van der Waals surface area contributed by atoms with Gasteiger partial charge in [0.15, 0.2) is 6.29 Å². The second-order valence-electron chi connectivity index (χ2n) is 5.68. The Balaban J connectivity index is 2.03. The van der Waals surface area contributed by atoms with Crippen molar-refractivity contribution in [1.29, 1.82) is 0 Å². The van der Waals surface area contributed by atoms with Crippen LogP contribution in [0.3, 0.4) is 0 Å². The third kappa shape index (κ3) is 4.48. The Morgan fingerprint density at radius 2 is 1.60 bits per heavy atom. The first-order valence-electron chi connectivity index (χ1n) is 7.53. The van der Waals surface area contributed by atoms with Gasteiger partial charge in [-0.2, -0.15) is 0 Å². The van der Waals surface area contributed by atoms with Gasteiger partial charge in [-0.3, -0.25) is 0 Å². The van der Waals surface area contributed by atoms with E-state index in [-0.39, 0.29) is 6.42 Å². The largest absolute Gasteiger partial charge is 0.400 e. The molecule has 2 rings (SSSR count). The van der Waals surface area contributed by atoms with Crippen molar-refractivity contribution in [2.24, 2.45) is 5.28 Å². The number of rotatable bonds is 6. The number of hydrogen-bond acceptors (Lipinski definition) is 11. The maximum absolute atomic E-state index is 9.96. The molecule has 0 aromatic rings. The molecule has 0 spiro atoms. The van der Waals surface area contributed by atoms with E-state index in [1.54, 1.807) is 0 Å². The molecular formula is C12H21N3O10. The second kappa shape index (κ2) is 8.91. The van der Waals surface area contributed by atoms with E-state index < -0.39 is 68.5 Å². The summed E-state index contributed by atoms with van der Waals surface area (Å²) >= 11 is 0. The lowest BCUT2D eigenvalue weighted by atomic mass is 9.98. The molecule has 6 N–H and O–H groups in total. The van der Waals surface area contributed by atoms with E-state index in [4.69, 9.17) is 24.8 Å². The van der Waals surface area contributed by atoms with Crippen LogP contribution in [-0.2, 0) is 19.0 Å². The molecule has 0 bridgehead atoms. The van der Waals surface area contributed by atoms with Crippen LogP contribution >= 0.6 is 0 Å². The van der Waals surface area contributed by atoms with Gasteiger partial charge in [0.1, 0.15) is 41.9 Å². The minimum atomic E-state index is -1.63. The first-order valence-corrected chi connectivity index (χ1v) is 7.53. The molecule has 9 atom stereocenters. The van der Waals surface area contributed by atoms with Crippen molar-refractivity contribution in [2.75, 3.05) is 13.2 Å². The van der Waals surface area contributed by atoms with Crippen molar-refractivity contribution in [3.63, 3.8) is 0 Å². The lowest BCUT2D eigenvalue weighted by molar-refractivity contribution is -0.342. The summed E-state index contributed by atoms with van der Waals surface area (Å²) in [7, 11) is 0. The van der Waals surface area contributed by atoms with E-state index in [9.17, 15) is 25.5 Å². The van der Waals surface area contributed by atoms with Gasteiger partial charge < -0.3 is 49.7 Å². The minimum absolute atomic E-state index is 0.133. The van der Waals surface area contributed by atoms with E-state index in [0.717, 1.165) is 0 Å². The molecule has 25 heavy (non-hydrogen) atoms. The third-order valence-electron chi connectivity index (χ3n) is 4.04. The summed E-state index contributed by atoms with van der Waals surface area (Å²) in [4.78, 5) is 6.94. The molecule has 2 saturated heterocycles. The lowest BCUT2D eigenvalue weighted by Gasteiger charge is -2.43. The fourth-order valence-electron chi connectivity index (χ4n) is 2.67. The average Bonchev–Trinajstić information content (AvgIpc) is 2.61. The molecule has 0 amide bonds. The maximum Gasteiger partial charge on any atom is 0.235 e. The van der Waals surface area contributed by atoms with Gasteiger partial charge in [0.2, 0.25) is 6.29 Å². The first-order chi connectivity index (χ1) is 11.9. The van der Waals surface area contributed by atoms with Crippen molar-refractivity contribution in [3.05, 3.63) is 10.4 Å². The fraction of sp³-hybridized carbons (Fsp3) is 1.00. The van der Waals surface area contributed by atoms with Crippen LogP contribution < -0.4 is 0 Å². The Kier molecular flexibility index (Phi) is 7.15. The summed E-state index contributed by atoms with van der Waals surface area (Å²) in [6.07, 6.45) is -12.1. The molecule has 0 aliphatic carbocycles. The van der Waals surface area contributed by atoms with Crippen LogP contribution in [0.2, 0.25) is 0 Å². The number of nitrogens with zero attached hydrogens (tertiary/aromatic N) is 3. The minimum Gasteiger partial charge on any atom is -0.400 e. The third-order valence-corrected chi connectivity index (χ3v) is 4.04. The van der Waals surface area contributed by atoms with Gasteiger partial charge in [-0.05, 0) is 5.53 Å². The zero-order chi connectivity index (χ0) is 18.6. The number of hydrogen-bond donors (Lipinski definition) is 6. The quantitative estimate of drug-likeness (QED) is 0.120. The van der Waals surface area contributed by atoms with Crippen molar-refractivity contribution >= 4 is 0 Å². The van der Waals surface area contributed by atoms with E-state index in [1.165, 1.54) is 0 Å². The summed E-state index contributed by atoms with van der Waals surface area (Å²) in [6.45, 7) is -1.18. The van der Waals surface area contributed by atoms with Crippen molar-refractivity contribution in [2.45, 2.75) is 61.7 Å². The molecule has 0 radical (unpaired) electrons. The average molecular weight is 367 g/mol. The van der Waals surface area contributed by atoms with Gasteiger partial charge in [-0.1, -0.05) is 0 Å². The monoisotopic (exact) mass is 367 g/mol. The van der Waals surface area contributed by atoms with Crippen molar-refractivity contribution in [1.82, 2.24) is 0 Å². The Morgan fingerprint density at radius 3 is 2.20 bits per heavy atom. The van der Waals surface area contributed by atoms with Crippen LogP contribution in [0.4, 0.5) is 0 Å². The number of aliphatic hydroxyl groups excluding tert-OH is 6. The summed E-state index contributed by atoms with van der Waals surface area (Å²) in [6, 6.07) is 0. The zero-order valence-electron chi connectivity index (χ0n) is 13.0. The molecule has 13 nitrogen and oxygen atoms in total. The Morgan fingerprint density at radius 1 is 0.960 bits per heavy atom. The highest BCUT2D eigenvalue weighted by atomic mass is 16.8. The highest BCUT2D eigenvalue weighted by Crippen LogP contribution is 2.29. The summed E-state index contributed by atoms with van der Waals surface area (Å²) in [5.74, 6) is 0. The maximum atomic E-state index is 9.96. The molecule has 2 aliphatic heterocycles. The van der Waals surface area contributed by atoms with Crippen LogP contribution in [0, 0.1) is 0 Å². The van der Waals surface area contributed by atoms with E-state index in [1.807, 2.05) is 0 Å². The second-order valence-corrected chi connectivity index (χ2v) is 5.68.